The molecule has 554 valence electrons. The second-order valence-electron chi connectivity index (χ2n) is 25.6. The molecule has 0 unspecified atom stereocenters. The Morgan fingerprint density at radius 2 is 1.26 bits per heavy atom. The van der Waals surface area contributed by atoms with Crippen LogP contribution in [0.4, 0.5) is 0 Å². The van der Waals surface area contributed by atoms with Crippen molar-refractivity contribution in [3.63, 3.8) is 0 Å². The number of benzene rings is 3. The van der Waals surface area contributed by atoms with Crippen molar-refractivity contribution in [2.75, 3.05) is 44.3 Å². The predicted octanol–water partition coefficient (Wildman–Crippen LogP) is -1.29. The molecule has 3 fully saturated rings. The number of para-hydroxylation sites is 1. The van der Waals surface area contributed by atoms with E-state index in [2.05, 4.69) is 57.8 Å². The molecule has 7 rings (SSSR count). The molecule has 0 bridgehead atoms. The molecule has 1 saturated carbocycles. The van der Waals surface area contributed by atoms with Crippen molar-refractivity contribution in [3.05, 3.63) is 95.7 Å². The number of hydrogen-bond donors (Lipinski definition) is 18. The van der Waals surface area contributed by atoms with E-state index in [9.17, 15) is 68.4 Å². The lowest BCUT2D eigenvalue weighted by Gasteiger charge is -2.30. The standard InChI is InChI=1S/C68H94N16O16S2/c69-27-26-55(88)84-30-8-15-54(84)66(99)79-49(31-38-16-20-43(86)21-17-38)63(96)82-53-37-102-101-36-52(58(70)91)81-61(94)48(24-25-56(89)90)77-64(97)51(33-42-34-75-46-13-4-3-12-45(42)46)78-59(92)41(35-85)11-5-6-28-73-60(93)47(14-7-29-74-68(71)72)76-62(95)50(32-39-18-22-44(87)23-19-39)80-67(100)57(83-65(53)98)40-9-1-2-10-40/h3-4,12-13,16-23,34,40-41,47-54,57,75,85-87H,1-2,5-11,14-15,24-33,35-37,69H2,(H2,70,91)(H,73,93)(H,76,95)(H,77,97)(H,78,92)(H,79,99)(H,80,100)(H,81,94)(H,82,96)(H,83,98)(H,89,90)(H4,71,72,74)/t41-,47-,48-,49-,50-,51-,52-,53-,54-,57-/m0/s1. The summed E-state index contributed by atoms with van der Waals surface area (Å²) in [6.07, 6.45) is 3.44. The number of aliphatic imine (C=N–C) groups is 1. The maximum absolute atomic E-state index is 15.2. The number of guanidine groups is 1. The Balaban J connectivity index is 1.25. The summed E-state index contributed by atoms with van der Waals surface area (Å²) in [5.74, 6) is -13.1. The number of carboxylic acid groups (broad SMARTS) is 1. The van der Waals surface area contributed by atoms with Gasteiger partial charge in [-0.05, 0) is 111 Å². The fraction of sp³-hybridized carbons (Fsp3) is 0.515. The van der Waals surface area contributed by atoms with E-state index in [1.165, 1.54) is 53.4 Å². The average molecular weight is 1460 g/mol. The zero-order valence-electron chi connectivity index (χ0n) is 56.5. The Bertz CT molecular complexity index is 3590. The number of aliphatic carboxylic acids is 1. The molecule has 22 N–H and O–H groups in total. The topological polar surface area (TPSA) is 530 Å². The zero-order valence-corrected chi connectivity index (χ0v) is 58.2. The highest BCUT2D eigenvalue weighted by Gasteiger charge is 2.40. The Kier molecular flexibility index (Phi) is 31.3. The van der Waals surface area contributed by atoms with Crippen molar-refractivity contribution in [1.82, 2.24) is 57.7 Å². The minimum atomic E-state index is -1.65. The predicted molar refractivity (Wildman–Crippen MR) is 380 cm³/mol. The third-order valence-corrected chi connectivity index (χ3v) is 20.4. The number of H-pyrrole nitrogens is 1. The number of fused-ring (bicyclic) bond motifs is 1. The molecular formula is C68H94N16O16S2. The van der Waals surface area contributed by atoms with Gasteiger partial charge in [0.1, 0.15) is 65.9 Å². The number of carboxylic acids is 1. The maximum Gasteiger partial charge on any atom is 0.303 e. The van der Waals surface area contributed by atoms with Crippen LogP contribution >= 0.6 is 21.6 Å². The summed E-state index contributed by atoms with van der Waals surface area (Å²) in [6.45, 7) is -0.335. The number of rotatable bonds is 22. The van der Waals surface area contributed by atoms with Crippen molar-refractivity contribution in [1.29, 1.82) is 0 Å². The SMILES string of the molecule is NCCC(=O)N1CCC[C@H]1C(=O)N[C@@H](Cc1ccc(O)cc1)C(=O)N[C@H]1CSSC[C@@H](C(N)=O)NC(=O)[C@H](CCC(=O)O)NC(=O)[C@H](Cc2c[nH]c3ccccc23)NC(=O)[C@H](CO)CCCCNC(=O)[C@H](CCCN=C(N)N)NC(=O)[C@H](Cc2ccc(O)cc2)NC(=O)[C@H](C2CCCC2)NC1=O. The van der Waals surface area contributed by atoms with Crippen LogP contribution in [0.15, 0.2) is 84.0 Å². The fourth-order valence-corrected chi connectivity index (χ4v) is 14.8. The molecule has 1 aromatic heterocycles. The molecule has 10 atom stereocenters. The van der Waals surface area contributed by atoms with E-state index in [4.69, 9.17) is 22.9 Å². The molecule has 2 aliphatic heterocycles. The number of likely N-dealkylation sites (tertiary alicyclic amines) is 1. The quantitative estimate of drug-likeness (QED) is 0.0188. The van der Waals surface area contributed by atoms with Gasteiger partial charge in [-0.25, -0.2) is 0 Å². The van der Waals surface area contributed by atoms with E-state index in [1.807, 2.05) is 0 Å². The summed E-state index contributed by atoms with van der Waals surface area (Å²) in [6, 6.07) is 5.93. The largest absolute Gasteiger partial charge is 0.508 e. The van der Waals surface area contributed by atoms with E-state index in [0.29, 0.717) is 59.7 Å². The smallest absolute Gasteiger partial charge is 0.303 e. The van der Waals surface area contributed by atoms with Gasteiger partial charge in [0, 0.05) is 86.9 Å². The van der Waals surface area contributed by atoms with Gasteiger partial charge in [0.15, 0.2) is 5.96 Å². The first kappa shape index (κ1) is 79.7. The lowest BCUT2D eigenvalue weighted by molar-refractivity contribution is -0.139. The number of aliphatic hydroxyl groups is 1. The van der Waals surface area contributed by atoms with Crippen LogP contribution in [-0.4, -0.2) is 206 Å². The second kappa shape index (κ2) is 40.1. The number of carbonyl (C=O) groups excluding carboxylic acids is 11. The summed E-state index contributed by atoms with van der Waals surface area (Å²) in [7, 11) is 1.80. The molecule has 3 aliphatic rings. The molecular weight excluding hydrogens is 1360 g/mol. The van der Waals surface area contributed by atoms with E-state index < -0.39 is 151 Å². The first-order valence-corrected chi connectivity index (χ1v) is 36.6. The van der Waals surface area contributed by atoms with Crippen LogP contribution in [0.1, 0.15) is 107 Å². The first-order chi connectivity index (χ1) is 48.9. The third kappa shape index (κ3) is 24.6. The van der Waals surface area contributed by atoms with E-state index in [1.54, 1.807) is 30.5 Å². The number of carbonyl (C=O) groups is 12. The number of phenolic OH excluding ortho intramolecular Hbond substituents is 2. The molecule has 32 nitrogen and oxygen atoms in total. The van der Waals surface area contributed by atoms with Gasteiger partial charge in [-0.2, -0.15) is 0 Å². The minimum absolute atomic E-state index is 0.000653. The zero-order chi connectivity index (χ0) is 73.8. The summed E-state index contributed by atoms with van der Waals surface area (Å²) in [4.78, 5) is 179. The monoisotopic (exact) mass is 1450 g/mol. The Morgan fingerprint density at radius 3 is 1.92 bits per heavy atom. The number of nitrogens with zero attached hydrogens (tertiary/aromatic N) is 2. The highest BCUT2D eigenvalue weighted by molar-refractivity contribution is 8.76. The highest BCUT2D eigenvalue weighted by Crippen LogP contribution is 2.30. The number of amides is 11. The minimum Gasteiger partial charge on any atom is -0.508 e. The van der Waals surface area contributed by atoms with Crippen molar-refractivity contribution in [2.45, 2.75) is 164 Å². The van der Waals surface area contributed by atoms with Crippen molar-refractivity contribution in [2.24, 2.45) is 39.8 Å². The van der Waals surface area contributed by atoms with Crippen LogP contribution in [0, 0.1) is 11.8 Å². The molecule has 11 amide bonds. The van der Waals surface area contributed by atoms with Crippen molar-refractivity contribution < 1.29 is 78.0 Å². The normalized spacial score (nSPS) is 23.4. The second-order valence-corrected chi connectivity index (χ2v) is 28.1. The number of aromatic nitrogens is 1. The van der Waals surface area contributed by atoms with Crippen LogP contribution in [0.3, 0.4) is 0 Å². The Morgan fingerprint density at radius 1 is 0.647 bits per heavy atom. The molecule has 0 spiro atoms. The number of phenols is 2. The van der Waals surface area contributed by atoms with Gasteiger partial charge in [-0.15, -0.1) is 0 Å². The lowest BCUT2D eigenvalue weighted by atomic mass is 9.95. The molecule has 2 saturated heterocycles. The van der Waals surface area contributed by atoms with Crippen LogP contribution in [0.25, 0.3) is 10.9 Å². The third-order valence-electron chi connectivity index (χ3n) is 18.0. The Labute approximate surface area is 597 Å². The van der Waals surface area contributed by atoms with Gasteiger partial charge in [-0.1, -0.05) is 83.3 Å². The number of aromatic hydroxyl groups is 2. The average Bonchev–Trinajstić information content (AvgIpc) is 1.63. The van der Waals surface area contributed by atoms with Gasteiger partial charge >= 0.3 is 5.97 Å². The van der Waals surface area contributed by atoms with Gasteiger partial charge in [0.2, 0.25) is 65.0 Å². The van der Waals surface area contributed by atoms with E-state index in [0.717, 1.165) is 21.6 Å². The van der Waals surface area contributed by atoms with Crippen molar-refractivity contribution >= 4 is 109 Å². The summed E-state index contributed by atoms with van der Waals surface area (Å²) >= 11 is 0. The fourth-order valence-electron chi connectivity index (χ4n) is 12.4. The van der Waals surface area contributed by atoms with Crippen LogP contribution in [0.2, 0.25) is 0 Å². The Hall–Kier alpha value is -9.67. The van der Waals surface area contributed by atoms with Gasteiger partial charge in [0.05, 0.1) is 12.5 Å². The van der Waals surface area contributed by atoms with E-state index >= 15 is 9.59 Å². The number of aliphatic hydroxyl groups excluding tert-OH is 1. The number of nitrogens with one attached hydrogen (secondary N) is 10. The van der Waals surface area contributed by atoms with Crippen LogP contribution in [-0.2, 0) is 76.8 Å². The molecule has 102 heavy (non-hydrogen) atoms. The van der Waals surface area contributed by atoms with Gasteiger partial charge in [0.25, 0.3) is 0 Å². The molecule has 34 heteroatoms. The van der Waals surface area contributed by atoms with E-state index in [-0.39, 0.29) is 125 Å². The molecule has 4 aromatic rings. The summed E-state index contributed by atoms with van der Waals surface area (Å²) in [5, 5.41) is 66.1. The van der Waals surface area contributed by atoms with Gasteiger partial charge in [-0.3, -0.25) is 62.5 Å². The van der Waals surface area contributed by atoms with Gasteiger partial charge < -0.3 is 101 Å². The van der Waals surface area contributed by atoms with Crippen LogP contribution < -0.4 is 70.8 Å². The first-order valence-electron chi connectivity index (χ1n) is 34.1. The summed E-state index contributed by atoms with van der Waals surface area (Å²) < 4.78 is 0. The molecule has 0 radical (unpaired) electrons. The number of aromatic amines is 1. The maximum atomic E-state index is 15.2. The number of nitrogens with two attached hydrogens (primary N) is 4. The summed E-state index contributed by atoms with van der Waals surface area (Å²) in [5.41, 5.74) is 25.0. The number of hydrogen-bond acceptors (Lipinski definition) is 19. The molecule has 3 aromatic carbocycles. The van der Waals surface area contributed by atoms with Crippen molar-refractivity contribution in [3.8, 4) is 11.5 Å². The lowest BCUT2D eigenvalue weighted by Crippen LogP contribution is -2.61. The molecule has 1 aliphatic carbocycles. The highest BCUT2D eigenvalue weighted by atomic mass is 33.1. The molecule has 3 heterocycles. The van der Waals surface area contributed by atoms with Crippen LogP contribution in [0.5, 0.6) is 11.5 Å². The number of primary amides is 1.